The van der Waals surface area contributed by atoms with Crippen LogP contribution in [0.1, 0.15) is 16.8 Å². The van der Waals surface area contributed by atoms with E-state index in [2.05, 4.69) is 52.6 Å². The van der Waals surface area contributed by atoms with Crippen LogP contribution in [-0.2, 0) is 4.79 Å². The first kappa shape index (κ1) is 19.8. The Morgan fingerprint density at radius 2 is 2.07 bits per heavy atom. The van der Waals surface area contributed by atoms with Crippen LogP contribution in [-0.4, -0.2) is 34.5 Å². The standard InChI is InChI=1S/C17H14Br2ClN5O2/c1-21-16(26)10-7-9(18)4-5-12(10)23-17(27)13-8-14(19)24-25(13)15-11(20)3-2-6-22-15/h2-7,13H,8H2,1H3,(H,21,26)(H,23,27). The van der Waals surface area contributed by atoms with Crippen molar-refractivity contribution in [2.75, 3.05) is 17.4 Å². The van der Waals surface area contributed by atoms with Gasteiger partial charge < -0.3 is 10.6 Å². The van der Waals surface area contributed by atoms with Gasteiger partial charge in [-0.3, -0.25) is 9.59 Å². The van der Waals surface area contributed by atoms with Crippen molar-refractivity contribution in [3.63, 3.8) is 0 Å². The topological polar surface area (TPSA) is 86.7 Å². The number of benzene rings is 1. The predicted octanol–water partition coefficient (Wildman–Crippen LogP) is 3.78. The van der Waals surface area contributed by atoms with Crippen LogP contribution < -0.4 is 15.6 Å². The lowest BCUT2D eigenvalue weighted by atomic mass is 10.1. The number of hydrazone groups is 1. The second-order valence-corrected chi connectivity index (χ2v) is 7.85. The molecule has 1 aliphatic rings. The van der Waals surface area contributed by atoms with E-state index in [0.29, 0.717) is 33.1 Å². The summed E-state index contributed by atoms with van der Waals surface area (Å²) in [5.74, 6) is -0.251. The number of pyridine rings is 1. The molecule has 0 aliphatic carbocycles. The second kappa shape index (κ2) is 8.37. The van der Waals surface area contributed by atoms with E-state index in [1.807, 2.05) is 0 Å². The molecule has 2 heterocycles. The molecular weight excluding hydrogens is 501 g/mol. The van der Waals surface area contributed by atoms with E-state index >= 15 is 0 Å². The fourth-order valence-corrected chi connectivity index (χ4v) is 3.63. The summed E-state index contributed by atoms with van der Waals surface area (Å²) >= 11 is 12.9. The molecule has 1 unspecified atom stereocenters. The molecule has 3 rings (SSSR count). The van der Waals surface area contributed by atoms with Crippen molar-refractivity contribution in [3.8, 4) is 0 Å². The van der Waals surface area contributed by atoms with Crippen LogP contribution in [0.2, 0.25) is 5.02 Å². The van der Waals surface area contributed by atoms with Crippen LogP contribution in [0, 0.1) is 0 Å². The maximum atomic E-state index is 12.9. The number of halogens is 3. The maximum Gasteiger partial charge on any atom is 0.253 e. The summed E-state index contributed by atoms with van der Waals surface area (Å²) in [7, 11) is 1.53. The van der Waals surface area contributed by atoms with Crippen molar-refractivity contribution >= 4 is 71.4 Å². The molecule has 27 heavy (non-hydrogen) atoms. The van der Waals surface area contributed by atoms with Gasteiger partial charge in [0.2, 0.25) is 5.91 Å². The number of carbonyl (C=O) groups is 2. The highest BCUT2D eigenvalue weighted by Gasteiger charge is 2.35. The van der Waals surface area contributed by atoms with E-state index in [0.717, 1.165) is 4.47 Å². The number of amides is 2. The van der Waals surface area contributed by atoms with Gasteiger partial charge in [0.25, 0.3) is 5.91 Å². The Kier molecular flexibility index (Phi) is 6.13. The molecule has 10 heteroatoms. The summed E-state index contributed by atoms with van der Waals surface area (Å²) in [4.78, 5) is 29.3. The molecule has 2 aromatic rings. The molecule has 0 bridgehead atoms. The number of carbonyl (C=O) groups excluding carboxylic acids is 2. The van der Waals surface area contributed by atoms with E-state index in [1.54, 1.807) is 36.5 Å². The lowest BCUT2D eigenvalue weighted by Crippen LogP contribution is -2.39. The smallest absolute Gasteiger partial charge is 0.253 e. The lowest BCUT2D eigenvalue weighted by molar-refractivity contribution is -0.117. The molecule has 0 saturated carbocycles. The van der Waals surface area contributed by atoms with Crippen molar-refractivity contribution in [2.24, 2.45) is 5.10 Å². The minimum absolute atomic E-state index is 0.305. The monoisotopic (exact) mass is 513 g/mol. The lowest BCUT2D eigenvalue weighted by Gasteiger charge is -2.23. The fraction of sp³-hybridized carbons (Fsp3) is 0.176. The number of nitrogens with zero attached hydrogens (tertiary/aromatic N) is 3. The quantitative estimate of drug-likeness (QED) is 0.649. The first-order chi connectivity index (χ1) is 12.9. The molecule has 140 valence electrons. The van der Waals surface area contributed by atoms with Gasteiger partial charge in [-0.1, -0.05) is 27.5 Å². The molecule has 1 aliphatic heterocycles. The van der Waals surface area contributed by atoms with E-state index < -0.39 is 6.04 Å². The van der Waals surface area contributed by atoms with Gasteiger partial charge >= 0.3 is 0 Å². The number of nitrogens with one attached hydrogen (secondary N) is 2. The SMILES string of the molecule is CNC(=O)c1cc(Br)ccc1NC(=O)C1CC(Br)=NN1c1ncccc1Cl. The third kappa shape index (κ3) is 4.31. The Hall–Kier alpha value is -1.97. The van der Waals surface area contributed by atoms with Crippen LogP contribution in [0.4, 0.5) is 11.5 Å². The Morgan fingerprint density at radius 1 is 1.30 bits per heavy atom. The fourth-order valence-electron chi connectivity index (χ4n) is 2.58. The predicted molar refractivity (Wildman–Crippen MR) is 113 cm³/mol. The largest absolute Gasteiger partial charge is 0.355 e. The Bertz CT molecular complexity index is 937. The number of hydrogen-bond donors (Lipinski definition) is 2. The molecule has 0 spiro atoms. The van der Waals surface area contributed by atoms with Gasteiger partial charge in [-0.25, -0.2) is 9.99 Å². The van der Waals surface area contributed by atoms with Gasteiger partial charge in [0.1, 0.15) is 10.7 Å². The third-order valence-electron chi connectivity index (χ3n) is 3.84. The Morgan fingerprint density at radius 3 is 2.78 bits per heavy atom. The number of anilines is 2. The van der Waals surface area contributed by atoms with Crippen LogP contribution in [0.5, 0.6) is 0 Å². The van der Waals surface area contributed by atoms with Crippen molar-refractivity contribution in [1.82, 2.24) is 10.3 Å². The zero-order valence-corrected chi connectivity index (χ0v) is 18.0. The van der Waals surface area contributed by atoms with Gasteiger partial charge in [-0.2, -0.15) is 5.10 Å². The number of rotatable bonds is 4. The molecule has 1 aromatic carbocycles. The zero-order chi connectivity index (χ0) is 19.6. The Labute approximate surface area is 177 Å². The first-order valence-corrected chi connectivity index (χ1v) is 9.82. The van der Waals surface area contributed by atoms with Crippen LogP contribution in [0.15, 0.2) is 46.1 Å². The minimum atomic E-state index is -0.659. The van der Waals surface area contributed by atoms with Crippen molar-refractivity contribution < 1.29 is 9.59 Å². The first-order valence-electron chi connectivity index (χ1n) is 7.86. The number of aromatic nitrogens is 1. The average Bonchev–Trinajstić information content (AvgIpc) is 3.04. The summed E-state index contributed by atoms with van der Waals surface area (Å²) < 4.78 is 1.33. The van der Waals surface area contributed by atoms with E-state index in [4.69, 9.17) is 11.6 Å². The molecule has 0 fully saturated rings. The maximum absolute atomic E-state index is 12.9. The van der Waals surface area contributed by atoms with E-state index in [1.165, 1.54) is 12.1 Å². The van der Waals surface area contributed by atoms with E-state index in [9.17, 15) is 9.59 Å². The summed E-state index contributed by atoms with van der Waals surface area (Å²) in [5, 5.41) is 11.6. The van der Waals surface area contributed by atoms with Crippen LogP contribution in [0.25, 0.3) is 0 Å². The highest BCUT2D eigenvalue weighted by Crippen LogP contribution is 2.31. The molecule has 2 N–H and O–H groups in total. The summed E-state index contributed by atoms with van der Waals surface area (Å²) in [5.41, 5.74) is 0.748. The van der Waals surface area contributed by atoms with Crippen molar-refractivity contribution in [2.45, 2.75) is 12.5 Å². The minimum Gasteiger partial charge on any atom is -0.355 e. The average molecular weight is 516 g/mol. The van der Waals surface area contributed by atoms with Crippen LogP contribution >= 0.6 is 43.5 Å². The van der Waals surface area contributed by atoms with Crippen molar-refractivity contribution in [3.05, 3.63) is 51.6 Å². The van der Waals surface area contributed by atoms with Gasteiger partial charge in [-0.15, -0.1) is 0 Å². The summed E-state index contributed by atoms with van der Waals surface area (Å²) in [6.07, 6.45) is 1.93. The molecule has 1 aromatic heterocycles. The van der Waals surface area contributed by atoms with Gasteiger partial charge in [0.05, 0.1) is 16.3 Å². The van der Waals surface area contributed by atoms with Gasteiger partial charge in [0, 0.05) is 24.1 Å². The van der Waals surface area contributed by atoms with Gasteiger partial charge in [0.15, 0.2) is 5.82 Å². The van der Waals surface area contributed by atoms with Gasteiger partial charge in [-0.05, 0) is 46.3 Å². The molecule has 1 atom stereocenters. The van der Waals surface area contributed by atoms with Crippen molar-refractivity contribution in [1.29, 1.82) is 0 Å². The molecular formula is C17H14Br2ClN5O2. The summed E-state index contributed by atoms with van der Waals surface area (Å²) in [6.45, 7) is 0. The molecule has 0 saturated heterocycles. The third-order valence-corrected chi connectivity index (χ3v) is 5.11. The second-order valence-electron chi connectivity index (χ2n) is 5.61. The molecule has 0 radical (unpaired) electrons. The Balaban J connectivity index is 1.88. The zero-order valence-electron chi connectivity index (χ0n) is 14.0. The normalized spacial score (nSPS) is 16.1. The van der Waals surface area contributed by atoms with E-state index in [-0.39, 0.29) is 11.8 Å². The highest BCUT2D eigenvalue weighted by molar-refractivity contribution is 9.18. The van der Waals surface area contributed by atoms with Crippen LogP contribution in [0.3, 0.4) is 0 Å². The molecule has 7 nitrogen and oxygen atoms in total. The summed E-state index contributed by atoms with van der Waals surface area (Å²) in [6, 6.07) is 7.77. The highest BCUT2D eigenvalue weighted by atomic mass is 79.9. The molecule has 2 amide bonds. The number of hydrogen-bond acceptors (Lipinski definition) is 5.